The molecule has 0 radical (unpaired) electrons. The summed E-state index contributed by atoms with van der Waals surface area (Å²) in [5.74, 6) is 0.136. The number of methoxy groups -OCH3 is 2. The summed E-state index contributed by atoms with van der Waals surface area (Å²) in [4.78, 5) is 24.8. The van der Waals surface area contributed by atoms with Gasteiger partial charge in [0.2, 0.25) is 17.8 Å². The lowest BCUT2D eigenvalue weighted by Crippen LogP contribution is -2.37. The van der Waals surface area contributed by atoms with E-state index in [1.165, 1.54) is 7.11 Å². The van der Waals surface area contributed by atoms with Gasteiger partial charge in [-0.15, -0.1) is 0 Å². The molecule has 106 valence electrons. The number of nitrogens with one attached hydrogen (secondary N) is 1. The van der Waals surface area contributed by atoms with Gasteiger partial charge >= 0.3 is 6.01 Å². The number of hydrogen-bond acceptors (Lipinski definition) is 8. The van der Waals surface area contributed by atoms with Gasteiger partial charge in [-0.2, -0.15) is 15.0 Å². The van der Waals surface area contributed by atoms with E-state index >= 15 is 0 Å². The number of hydrogen-bond donors (Lipinski definition) is 2. The molecular weight excluding hydrogens is 252 g/mol. The van der Waals surface area contributed by atoms with Crippen molar-refractivity contribution in [3.63, 3.8) is 0 Å². The summed E-state index contributed by atoms with van der Waals surface area (Å²) in [5, 5.41) is 2.69. The van der Waals surface area contributed by atoms with E-state index in [2.05, 4.69) is 20.3 Å². The van der Waals surface area contributed by atoms with Gasteiger partial charge in [0.05, 0.1) is 20.3 Å². The van der Waals surface area contributed by atoms with Gasteiger partial charge in [-0.3, -0.25) is 4.79 Å². The van der Waals surface area contributed by atoms with Gasteiger partial charge in [0, 0.05) is 20.7 Å². The average molecular weight is 270 g/mol. The third kappa shape index (κ3) is 4.92. The molecule has 9 nitrogen and oxygen atoms in total. The number of nitrogens with zero attached hydrogens (tertiary/aromatic N) is 4. The Labute approximate surface area is 111 Å². The van der Waals surface area contributed by atoms with E-state index < -0.39 is 0 Å². The second kappa shape index (κ2) is 7.31. The Morgan fingerprint density at radius 1 is 1.37 bits per heavy atom. The van der Waals surface area contributed by atoms with Gasteiger partial charge < -0.3 is 25.4 Å². The van der Waals surface area contributed by atoms with Crippen molar-refractivity contribution >= 4 is 17.8 Å². The van der Waals surface area contributed by atoms with Crippen LogP contribution < -0.4 is 20.7 Å². The van der Waals surface area contributed by atoms with Crippen molar-refractivity contribution in [2.75, 3.05) is 51.6 Å². The minimum absolute atomic E-state index is 0.0356. The van der Waals surface area contributed by atoms with E-state index in [-0.39, 0.29) is 30.4 Å². The zero-order chi connectivity index (χ0) is 14.3. The van der Waals surface area contributed by atoms with Crippen LogP contribution in [0.3, 0.4) is 0 Å². The van der Waals surface area contributed by atoms with E-state index in [4.69, 9.17) is 15.2 Å². The number of nitrogens with two attached hydrogens (primary N) is 1. The molecule has 0 aliphatic rings. The first kappa shape index (κ1) is 14.9. The molecule has 1 amide bonds. The average Bonchev–Trinajstić information content (AvgIpc) is 2.38. The number of amides is 1. The molecule has 9 heteroatoms. The number of nitrogen functional groups attached to an aromatic ring is 1. The Kier molecular flexibility index (Phi) is 5.73. The first-order valence-corrected chi connectivity index (χ1v) is 5.59. The van der Waals surface area contributed by atoms with Crippen LogP contribution in [0.2, 0.25) is 0 Å². The van der Waals surface area contributed by atoms with Crippen LogP contribution in [0.5, 0.6) is 6.01 Å². The highest BCUT2D eigenvalue weighted by Gasteiger charge is 2.12. The zero-order valence-corrected chi connectivity index (χ0v) is 11.2. The van der Waals surface area contributed by atoms with Gasteiger partial charge in [-0.25, -0.2) is 0 Å². The summed E-state index contributed by atoms with van der Waals surface area (Å²) < 4.78 is 9.72. The molecule has 0 atom stereocenters. The highest BCUT2D eigenvalue weighted by molar-refractivity contribution is 5.80. The summed E-state index contributed by atoms with van der Waals surface area (Å²) in [6.45, 7) is 1.00. The molecule has 0 unspecified atom stereocenters. The number of carbonyl (C=O) groups is 1. The Balaban J connectivity index is 2.59. The van der Waals surface area contributed by atoms with Crippen LogP contribution in [0.25, 0.3) is 0 Å². The van der Waals surface area contributed by atoms with E-state index in [0.717, 1.165) is 0 Å². The topological polar surface area (TPSA) is 115 Å². The van der Waals surface area contributed by atoms with Crippen LogP contribution in [0, 0.1) is 0 Å². The van der Waals surface area contributed by atoms with Crippen LogP contribution in [0.4, 0.5) is 11.9 Å². The maximum atomic E-state index is 11.6. The fourth-order valence-electron chi connectivity index (χ4n) is 1.26. The summed E-state index contributed by atoms with van der Waals surface area (Å²) in [5.41, 5.74) is 5.52. The van der Waals surface area contributed by atoms with Gasteiger partial charge in [0.15, 0.2) is 0 Å². The number of carbonyl (C=O) groups excluding carboxylic acids is 1. The third-order valence-corrected chi connectivity index (χ3v) is 2.15. The van der Waals surface area contributed by atoms with Crippen molar-refractivity contribution in [2.45, 2.75) is 0 Å². The molecule has 0 aliphatic carbocycles. The van der Waals surface area contributed by atoms with Crippen LogP contribution >= 0.6 is 0 Å². The Morgan fingerprint density at radius 2 is 2.11 bits per heavy atom. The summed E-state index contributed by atoms with van der Waals surface area (Å²) in [6.07, 6.45) is 0. The van der Waals surface area contributed by atoms with Crippen molar-refractivity contribution in [2.24, 2.45) is 0 Å². The summed E-state index contributed by atoms with van der Waals surface area (Å²) in [7, 11) is 4.66. The quantitative estimate of drug-likeness (QED) is 0.585. The van der Waals surface area contributed by atoms with Crippen LogP contribution in [-0.4, -0.2) is 61.8 Å². The largest absolute Gasteiger partial charge is 0.467 e. The van der Waals surface area contributed by atoms with Crippen molar-refractivity contribution in [1.82, 2.24) is 20.3 Å². The molecule has 0 saturated heterocycles. The molecule has 1 aromatic rings. The van der Waals surface area contributed by atoms with Crippen molar-refractivity contribution in [1.29, 1.82) is 0 Å². The number of ether oxygens (including phenoxy) is 2. The van der Waals surface area contributed by atoms with E-state index in [0.29, 0.717) is 13.2 Å². The highest BCUT2D eigenvalue weighted by Crippen LogP contribution is 2.11. The molecule has 1 rings (SSSR count). The first-order valence-electron chi connectivity index (χ1n) is 5.59. The van der Waals surface area contributed by atoms with Crippen LogP contribution in [0.15, 0.2) is 0 Å². The fourth-order valence-corrected chi connectivity index (χ4v) is 1.26. The molecule has 3 N–H and O–H groups in total. The minimum atomic E-state index is -0.169. The van der Waals surface area contributed by atoms with Crippen molar-refractivity contribution in [3.8, 4) is 6.01 Å². The minimum Gasteiger partial charge on any atom is -0.467 e. The molecule has 0 aliphatic heterocycles. The van der Waals surface area contributed by atoms with Crippen molar-refractivity contribution in [3.05, 3.63) is 0 Å². The normalized spacial score (nSPS) is 10.1. The predicted octanol–water partition coefficient (Wildman–Crippen LogP) is -1.34. The maximum Gasteiger partial charge on any atom is 0.322 e. The smallest absolute Gasteiger partial charge is 0.322 e. The fraction of sp³-hybridized carbons (Fsp3) is 0.600. The molecule has 1 heterocycles. The second-order valence-electron chi connectivity index (χ2n) is 3.68. The molecule has 0 spiro atoms. The highest BCUT2D eigenvalue weighted by atomic mass is 16.5. The van der Waals surface area contributed by atoms with Crippen molar-refractivity contribution < 1.29 is 14.3 Å². The van der Waals surface area contributed by atoms with Gasteiger partial charge in [0.25, 0.3) is 0 Å². The number of aromatic nitrogens is 3. The van der Waals surface area contributed by atoms with Crippen LogP contribution in [-0.2, 0) is 9.53 Å². The monoisotopic (exact) mass is 270 g/mol. The summed E-state index contributed by atoms with van der Waals surface area (Å²) >= 11 is 0. The van der Waals surface area contributed by atoms with Gasteiger partial charge in [-0.05, 0) is 0 Å². The number of anilines is 2. The number of rotatable bonds is 7. The van der Waals surface area contributed by atoms with Gasteiger partial charge in [-0.1, -0.05) is 0 Å². The third-order valence-electron chi connectivity index (χ3n) is 2.15. The predicted molar refractivity (Wildman–Crippen MR) is 68.9 cm³/mol. The second-order valence-corrected chi connectivity index (χ2v) is 3.68. The van der Waals surface area contributed by atoms with E-state index in [1.807, 2.05) is 0 Å². The molecule has 1 aromatic heterocycles. The molecule has 0 aromatic carbocycles. The Bertz CT molecular complexity index is 428. The SMILES string of the molecule is COCCNC(=O)CN(C)c1nc(N)nc(OC)n1. The molecule has 0 fully saturated rings. The zero-order valence-electron chi connectivity index (χ0n) is 11.2. The Morgan fingerprint density at radius 3 is 2.74 bits per heavy atom. The number of likely N-dealkylation sites (N-methyl/N-ethyl adjacent to an activating group) is 1. The standard InChI is InChI=1S/C10H18N6O3/c1-16(6-7(17)12-4-5-18-2)9-13-8(11)14-10(15-9)19-3/h4-6H2,1-3H3,(H,12,17)(H2,11,13,14,15). The van der Waals surface area contributed by atoms with Gasteiger partial charge in [0.1, 0.15) is 0 Å². The lowest BCUT2D eigenvalue weighted by molar-refractivity contribution is -0.119. The first-order chi connectivity index (χ1) is 9.06. The maximum absolute atomic E-state index is 11.6. The van der Waals surface area contributed by atoms with Crippen LogP contribution in [0.1, 0.15) is 0 Å². The molecule has 0 saturated carbocycles. The molecular formula is C10H18N6O3. The lowest BCUT2D eigenvalue weighted by atomic mass is 10.5. The van der Waals surface area contributed by atoms with E-state index in [1.54, 1.807) is 19.1 Å². The lowest BCUT2D eigenvalue weighted by Gasteiger charge is -2.16. The Hall–Kier alpha value is -2.16. The molecule has 0 bridgehead atoms. The molecule has 19 heavy (non-hydrogen) atoms. The van der Waals surface area contributed by atoms with E-state index in [9.17, 15) is 4.79 Å². The summed E-state index contributed by atoms with van der Waals surface area (Å²) in [6, 6.07) is 0.106.